The number of alkyl halides is 1. The number of aromatic nitrogens is 2. The van der Waals surface area contributed by atoms with Crippen molar-refractivity contribution in [1.82, 2.24) is 10.2 Å². The average molecular weight is 225 g/mol. The number of rotatable bonds is 2. The second-order valence-electron chi connectivity index (χ2n) is 3.00. The molecule has 72 valence electrons. The predicted octanol–water partition coefficient (Wildman–Crippen LogP) is 3.25. The molecule has 1 aromatic heterocycles. The zero-order chi connectivity index (χ0) is 9.97. The molecule has 0 fully saturated rings. The zero-order valence-corrected chi connectivity index (χ0v) is 9.27. The summed E-state index contributed by atoms with van der Waals surface area (Å²) in [7, 11) is 0. The highest BCUT2D eigenvalue weighted by Gasteiger charge is 2.05. The lowest BCUT2D eigenvalue weighted by atomic mass is 10.1. The van der Waals surface area contributed by atoms with E-state index in [0.717, 1.165) is 15.6 Å². The van der Waals surface area contributed by atoms with Gasteiger partial charge < -0.3 is 0 Å². The maximum atomic E-state index is 5.67. The van der Waals surface area contributed by atoms with E-state index >= 15 is 0 Å². The predicted molar refractivity (Wildman–Crippen MR) is 59.6 cm³/mol. The number of aryl methyl sites for hydroxylation is 1. The molecule has 2 aromatic rings. The van der Waals surface area contributed by atoms with E-state index in [1.165, 1.54) is 5.56 Å². The molecule has 0 bridgehead atoms. The Bertz CT molecular complexity index is 439. The van der Waals surface area contributed by atoms with Crippen LogP contribution in [0.3, 0.4) is 0 Å². The molecular weight excluding hydrogens is 216 g/mol. The van der Waals surface area contributed by atoms with Crippen LogP contribution in [-0.4, -0.2) is 10.2 Å². The summed E-state index contributed by atoms with van der Waals surface area (Å²) in [4.78, 5) is 0. The Hall–Kier alpha value is -0.930. The standard InChI is InChI=1S/C10H9ClN2S/c1-7-3-2-4-8(5-7)10-13-12-9(6-11)14-10/h2-5H,6H2,1H3. The van der Waals surface area contributed by atoms with Crippen molar-refractivity contribution in [1.29, 1.82) is 0 Å². The van der Waals surface area contributed by atoms with Gasteiger partial charge in [-0.15, -0.1) is 21.8 Å². The van der Waals surface area contributed by atoms with Gasteiger partial charge in [0.1, 0.15) is 10.0 Å². The van der Waals surface area contributed by atoms with Crippen molar-refractivity contribution < 1.29 is 0 Å². The summed E-state index contributed by atoms with van der Waals surface area (Å²) in [5.74, 6) is 0.434. The molecule has 0 aliphatic rings. The van der Waals surface area contributed by atoms with Crippen LogP contribution in [0.15, 0.2) is 24.3 Å². The second-order valence-corrected chi connectivity index (χ2v) is 4.33. The van der Waals surface area contributed by atoms with Gasteiger partial charge >= 0.3 is 0 Å². The summed E-state index contributed by atoms with van der Waals surface area (Å²) in [5, 5.41) is 9.86. The van der Waals surface area contributed by atoms with Crippen LogP contribution >= 0.6 is 22.9 Å². The maximum Gasteiger partial charge on any atom is 0.147 e. The van der Waals surface area contributed by atoms with Gasteiger partial charge in [-0.05, 0) is 13.0 Å². The van der Waals surface area contributed by atoms with E-state index in [-0.39, 0.29) is 0 Å². The zero-order valence-electron chi connectivity index (χ0n) is 7.70. The Morgan fingerprint density at radius 3 is 2.86 bits per heavy atom. The van der Waals surface area contributed by atoms with Crippen molar-refractivity contribution in [3.05, 3.63) is 34.8 Å². The fraction of sp³-hybridized carbons (Fsp3) is 0.200. The molecule has 0 aliphatic carbocycles. The Morgan fingerprint density at radius 2 is 2.21 bits per heavy atom. The summed E-state index contributed by atoms with van der Waals surface area (Å²) >= 11 is 7.21. The van der Waals surface area contributed by atoms with E-state index in [0.29, 0.717) is 5.88 Å². The fourth-order valence-corrected chi connectivity index (χ4v) is 2.11. The van der Waals surface area contributed by atoms with Gasteiger partial charge in [0.05, 0.1) is 5.88 Å². The molecule has 14 heavy (non-hydrogen) atoms. The van der Waals surface area contributed by atoms with Gasteiger partial charge in [0.2, 0.25) is 0 Å². The molecule has 0 atom stereocenters. The molecule has 0 amide bonds. The van der Waals surface area contributed by atoms with Crippen molar-refractivity contribution in [3.8, 4) is 10.6 Å². The van der Waals surface area contributed by atoms with Crippen LogP contribution in [0.2, 0.25) is 0 Å². The number of hydrogen-bond acceptors (Lipinski definition) is 3. The number of halogens is 1. The molecule has 1 heterocycles. The first-order chi connectivity index (χ1) is 6.79. The lowest BCUT2D eigenvalue weighted by Crippen LogP contribution is -1.78. The van der Waals surface area contributed by atoms with Crippen molar-refractivity contribution >= 4 is 22.9 Å². The summed E-state index contributed by atoms with van der Waals surface area (Å²) in [6.07, 6.45) is 0. The molecule has 1 aromatic carbocycles. The first-order valence-corrected chi connectivity index (χ1v) is 5.60. The van der Waals surface area contributed by atoms with Gasteiger partial charge in [-0.25, -0.2) is 0 Å². The topological polar surface area (TPSA) is 25.8 Å². The van der Waals surface area contributed by atoms with Crippen molar-refractivity contribution in [2.45, 2.75) is 12.8 Å². The highest BCUT2D eigenvalue weighted by atomic mass is 35.5. The molecule has 2 rings (SSSR count). The Kier molecular flexibility index (Phi) is 2.79. The molecule has 0 N–H and O–H groups in total. The van der Waals surface area contributed by atoms with E-state index in [4.69, 9.17) is 11.6 Å². The molecule has 0 saturated carbocycles. The molecule has 4 heteroatoms. The number of nitrogens with zero attached hydrogens (tertiary/aromatic N) is 2. The minimum Gasteiger partial charge on any atom is -0.142 e. The van der Waals surface area contributed by atoms with Gasteiger partial charge in [0, 0.05) is 5.56 Å². The fourth-order valence-electron chi connectivity index (χ4n) is 1.20. The van der Waals surface area contributed by atoms with Crippen LogP contribution in [0.5, 0.6) is 0 Å². The monoisotopic (exact) mass is 224 g/mol. The normalized spacial score (nSPS) is 10.4. The van der Waals surface area contributed by atoms with Crippen LogP contribution < -0.4 is 0 Å². The minimum atomic E-state index is 0.434. The molecule has 2 nitrogen and oxygen atoms in total. The molecule has 0 aliphatic heterocycles. The van der Waals surface area contributed by atoms with E-state index in [2.05, 4.69) is 29.3 Å². The van der Waals surface area contributed by atoms with Crippen molar-refractivity contribution in [2.75, 3.05) is 0 Å². The van der Waals surface area contributed by atoms with Crippen molar-refractivity contribution in [2.24, 2.45) is 0 Å². The van der Waals surface area contributed by atoms with Gasteiger partial charge in [-0.2, -0.15) is 0 Å². The summed E-state index contributed by atoms with van der Waals surface area (Å²) in [5.41, 5.74) is 2.34. The van der Waals surface area contributed by atoms with E-state index in [1.54, 1.807) is 11.3 Å². The van der Waals surface area contributed by atoms with Gasteiger partial charge in [0.15, 0.2) is 0 Å². The van der Waals surface area contributed by atoms with E-state index in [1.807, 2.05) is 12.1 Å². The highest BCUT2D eigenvalue weighted by molar-refractivity contribution is 7.14. The molecule has 0 unspecified atom stereocenters. The number of hydrogen-bond donors (Lipinski definition) is 0. The van der Waals surface area contributed by atoms with E-state index in [9.17, 15) is 0 Å². The first-order valence-electron chi connectivity index (χ1n) is 4.25. The van der Waals surface area contributed by atoms with Crippen LogP contribution in [0.25, 0.3) is 10.6 Å². The third kappa shape index (κ3) is 1.94. The van der Waals surface area contributed by atoms with Crippen LogP contribution in [0, 0.1) is 6.92 Å². The van der Waals surface area contributed by atoms with Gasteiger partial charge in [0.25, 0.3) is 0 Å². The minimum absolute atomic E-state index is 0.434. The molecular formula is C10H9ClN2S. The SMILES string of the molecule is Cc1cccc(-c2nnc(CCl)s2)c1. The summed E-state index contributed by atoms with van der Waals surface area (Å²) in [6, 6.07) is 8.21. The second kappa shape index (κ2) is 4.07. The number of benzene rings is 1. The van der Waals surface area contributed by atoms with Gasteiger partial charge in [-0.1, -0.05) is 35.1 Å². The van der Waals surface area contributed by atoms with Crippen LogP contribution in [-0.2, 0) is 5.88 Å². The highest BCUT2D eigenvalue weighted by Crippen LogP contribution is 2.24. The third-order valence-corrected chi connectivity index (χ3v) is 3.23. The summed E-state index contributed by atoms with van der Waals surface area (Å²) < 4.78 is 0. The van der Waals surface area contributed by atoms with E-state index < -0.39 is 0 Å². The smallest absolute Gasteiger partial charge is 0.142 e. The van der Waals surface area contributed by atoms with Gasteiger partial charge in [-0.3, -0.25) is 0 Å². The molecule has 0 spiro atoms. The van der Waals surface area contributed by atoms with Crippen LogP contribution in [0.1, 0.15) is 10.6 Å². The Balaban J connectivity index is 2.39. The largest absolute Gasteiger partial charge is 0.147 e. The third-order valence-electron chi connectivity index (χ3n) is 1.85. The Morgan fingerprint density at radius 1 is 1.36 bits per heavy atom. The lowest BCUT2D eigenvalue weighted by Gasteiger charge is -1.95. The molecule has 0 saturated heterocycles. The average Bonchev–Trinajstić information content (AvgIpc) is 2.66. The van der Waals surface area contributed by atoms with Crippen LogP contribution in [0.4, 0.5) is 0 Å². The maximum absolute atomic E-state index is 5.67. The van der Waals surface area contributed by atoms with Crippen molar-refractivity contribution in [3.63, 3.8) is 0 Å². The quantitative estimate of drug-likeness (QED) is 0.732. The molecule has 0 radical (unpaired) electrons. The Labute approximate surface area is 91.6 Å². The summed E-state index contributed by atoms with van der Waals surface area (Å²) in [6.45, 7) is 2.06. The lowest BCUT2D eigenvalue weighted by molar-refractivity contribution is 1.04. The first kappa shape index (κ1) is 9.62.